The quantitative estimate of drug-likeness (QED) is 0.865. The highest BCUT2D eigenvalue weighted by Crippen LogP contribution is 2.22. The molecule has 4 nitrogen and oxygen atoms in total. The van der Waals surface area contributed by atoms with Crippen molar-refractivity contribution in [1.29, 1.82) is 5.26 Å². The van der Waals surface area contributed by atoms with Gasteiger partial charge >= 0.3 is 0 Å². The molecule has 0 radical (unpaired) electrons. The maximum Gasteiger partial charge on any atom is 0.227 e. The molecule has 0 atom stereocenters. The van der Waals surface area contributed by atoms with Crippen LogP contribution in [0.3, 0.4) is 0 Å². The van der Waals surface area contributed by atoms with Gasteiger partial charge in [0.15, 0.2) is 0 Å². The van der Waals surface area contributed by atoms with Gasteiger partial charge in [-0.15, -0.1) is 0 Å². The van der Waals surface area contributed by atoms with Gasteiger partial charge in [0.05, 0.1) is 23.7 Å². The molecule has 0 unspecified atom stereocenters. The molecule has 1 heterocycles. The van der Waals surface area contributed by atoms with Gasteiger partial charge in [0.25, 0.3) is 0 Å². The molecule has 0 aliphatic carbocycles. The number of nitrogens with zero attached hydrogens (tertiary/aromatic N) is 3. The summed E-state index contributed by atoms with van der Waals surface area (Å²) in [5, 5.41) is 8.83. The Labute approximate surface area is 147 Å². The SMILES string of the molecule is Cc1ccccc1CC(=O)N1CCN(c2ccc(C#N)cc2F)CC1. The molecule has 0 spiro atoms. The highest BCUT2D eigenvalue weighted by molar-refractivity contribution is 5.79. The number of amides is 1. The number of piperazine rings is 1. The van der Waals surface area contributed by atoms with Gasteiger partial charge < -0.3 is 9.80 Å². The lowest BCUT2D eigenvalue weighted by atomic mass is 10.1. The lowest BCUT2D eigenvalue weighted by Crippen LogP contribution is -2.49. The number of hydrogen-bond donors (Lipinski definition) is 0. The number of carbonyl (C=O) groups is 1. The molecule has 1 amide bonds. The minimum atomic E-state index is -0.390. The van der Waals surface area contributed by atoms with E-state index in [0.29, 0.717) is 43.9 Å². The van der Waals surface area contributed by atoms with Crippen LogP contribution in [-0.2, 0) is 11.2 Å². The average Bonchev–Trinajstić information content (AvgIpc) is 2.63. The van der Waals surface area contributed by atoms with Crippen molar-refractivity contribution in [2.45, 2.75) is 13.3 Å². The molecular formula is C20H20FN3O. The predicted octanol–water partition coefficient (Wildman–Crippen LogP) is 2.90. The second kappa shape index (κ2) is 7.35. The summed E-state index contributed by atoms with van der Waals surface area (Å²) >= 11 is 0. The smallest absolute Gasteiger partial charge is 0.227 e. The summed E-state index contributed by atoms with van der Waals surface area (Å²) in [4.78, 5) is 16.3. The summed E-state index contributed by atoms with van der Waals surface area (Å²) in [6.07, 6.45) is 0.401. The Morgan fingerprint density at radius 1 is 1.16 bits per heavy atom. The molecule has 1 fully saturated rings. The molecule has 1 aliphatic heterocycles. The number of benzene rings is 2. The summed E-state index contributed by atoms with van der Waals surface area (Å²) in [5.74, 6) is -0.284. The maximum atomic E-state index is 14.1. The molecule has 3 rings (SSSR count). The fourth-order valence-corrected chi connectivity index (χ4v) is 3.11. The summed E-state index contributed by atoms with van der Waals surface area (Å²) in [5.41, 5.74) is 2.97. The minimum Gasteiger partial charge on any atom is -0.366 e. The van der Waals surface area contributed by atoms with E-state index in [1.165, 1.54) is 6.07 Å². The van der Waals surface area contributed by atoms with Crippen LogP contribution in [0.25, 0.3) is 0 Å². The number of aryl methyl sites for hydroxylation is 1. The standard InChI is InChI=1S/C20H20FN3O/c1-15-4-2-3-5-17(15)13-20(25)24-10-8-23(9-11-24)19-7-6-16(14-22)12-18(19)21/h2-7,12H,8-11,13H2,1H3. The monoisotopic (exact) mass is 337 g/mol. The number of rotatable bonds is 3. The van der Waals surface area contributed by atoms with Crippen molar-refractivity contribution in [3.8, 4) is 6.07 Å². The lowest BCUT2D eigenvalue weighted by Gasteiger charge is -2.36. The third-order valence-corrected chi connectivity index (χ3v) is 4.65. The van der Waals surface area contributed by atoms with Crippen LogP contribution in [0.4, 0.5) is 10.1 Å². The third-order valence-electron chi connectivity index (χ3n) is 4.65. The van der Waals surface area contributed by atoms with Gasteiger partial charge in [-0.05, 0) is 36.2 Å². The Bertz CT molecular complexity index is 820. The van der Waals surface area contributed by atoms with Crippen molar-refractivity contribution in [1.82, 2.24) is 4.90 Å². The van der Waals surface area contributed by atoms with E-state index < -0.39 is 5.82 Å². The number of anilines is 1. The number of halogens is 1. The molecule has 128 valence electrons. The van der Waals surface area contributed by atoms with Gasteiger partial charge in [0, 0.05) is 26.2 Å². The summed E-state index contributed by atoms with van der Waals surface area (Å²) in [6, 6.07) is 14.4. The van der Waals surface area contributed by atoms with Crippen LogP contribution < -0.4 is 4.90 Å². The van der Waals surface area contributed by atoms with Crippen LogP contribution in [0.2, 0.25) is 0 Å². The minimum absolute atomic E-state index is 0.106. The van der Waals surface area contributed by atoms with E-state index >= 15 is 0 Å². The van der Waals surface area contributed by atoms with Crippen LogP contribution >= 0.6 is 0 Å². The first kappa shape index (κ1) is 17.0. The zero-order valence-corrected chi connectivity index (χ0v) is 14.2. The Morgan fingerprint density at radius 2 is 1.88 bits per heavy atom. The average molecular weight is 337 g/mol. The fraction of sp³-hybridized carbons (Fsp3) is 0.300. The largest absolute Gasteiger partial charge is 0.366 e. The first-order chi connectivity index (χ1) is 12.1. The van der Waals surface area contributed by atoms with Crippen LogP contribution in [0.5, 0.6) is 0 Å². The van der Waals surface area contributed by atoms with Gasteiger partial charge in [-0.3, -0.25) is 4.79 Å². The molecule has 2 aromatic carbocycles. The molecule has 2 aromatic rings. The van der Waals surface area contributed by atoms with Crippen LogP contribution in [0.1, 0.15) is 16.7 Å². The molecule has 25 heavy (non-hydrogen) atoms. The molecule has 1 saturated heterocycles. The van der Waals surface area contributed by atoms with Crippen molar-refractivity contribution < 1.29 is 9.18 Å². The second-order valence-electron chi connectivity index (χ2n) is 6.25. The Balaban J connectivity index is 1.61. The van der Waals surface area contributed by atoms with Gasteiger partial charge in [-0.1, -0.05) is 24.3 Å². The summed E-state index contributed by atoms with van der Waals surface area (Å²) in [6.45, 7) is 4.33. The molecule has 0 N–H and O–H groups in total. The topological polar surface area (TPSA) is 47.3 Å². The zero-order valence-electron chi connectivity index (χ0n) is 14.2. The van der Waals surface area contributed by atoms with Gasteiger partial charge in [0.1, 0.15) is 5.82 Å². The first-order valence-corrected chi connectivity index (χ1v) is 8.35. The molecule has 5 heteroatoms. The zero-order chi connectivity index (χ0) is 17.8. The van der Waals surface area contributed by atoms with Crippen molar-refractivity contribution in [2.24, 2.45) is 0 Å². The van der Waals surface area contributed by atoms with Crippen LogP contribution in [0.15, 0.2) is 42.5 Å². The summed E-state index contributed by atoms with van der Waals surface area (Å²) < 4.78 is 14.1. The van der Waals surface area contributed by atoms with E-state index in [1.54, 1.807) is 12.1 Å². The van der Waals surface area contributed by atoms with Crippen molar-refractivity contribution in [2.75, 3.05) is 31.1 Å². The van der Waals surface area contributed by atoms with E-state index in [4.69, 9.17) is 5.26 Å². The number of carbonyl (C=O) groups excluding carboxylic acids is 1. The normalized spacial score (nSPS) is 14.3. The van der Waals surface area contributed by atoms with E-state index in [9.17, 15) is 9.18 Å². The maximum absolute atomic E-state index is 14.1. The summed E-state index contributed by atoms with van der Waals surface area (Å²) in [7, 11) is 0. The van der Waals surface area contributed by atoms with Crippen LogP contribution in [0, 0.1) is 24.1 Å². The highest BCUT2D eigenvalue weighted by Gasteiger charge is 2.23. The molecule has 0 aromatic heterocycles. The second-order valence-corrected chi connectivity index (χ2v) is 6.25. The van der Waals surface area contributed by atoms with E-state index in [1.807, 2.05) is 47.1 Å². The van der Waals surface area contributed by atoms with Crippen molar-refractivity contribution >= 4 is 11.6 Å². The molecule has 0 saturated carbocycles. The van der Waals surface area contributed by atoms with Gasteiger partial charge in [-0.25, -0.2) is 4.39 Å². The first-order valence-electron chi connectivity index (χ1n) is 8.35. The van der Waals surface area contributed by atoms with Crippen LogP contribution in [-0.4, -0.2) is 37.0 Å². The van der Waals surface area contributed by atoms with Crippen molar-refractivity contribution in [3.63, 3.8) is 0 Å². The Kier molecular flexibility index (Phi) is 4.99. The predicted molar refractivity (Wildman–Crippen MR) is 94.8 cm³/mol. The molecule has 0 bridgehead atoms. The van der Waals surface area contributed by atoms with Gasteiger partial charge in [0.2, 0.25) is 5.91 Å². The van der Waals surface area contributed by atoms with Gasteiger partial charge in [-0.2, -0.15) is 5.26 Å². The fourth-order valence-electron chi connectivity index (χ4n) is 3.11. The molecule has 1 aliphatic rings. The molecular weight excluding hydrogens is 317 g/mol. The van der Waals surface area contributed by atoms with E-state index in [-0.39, 0.29) is 5.91 Å². The number of nitriles is 1. The third kappa shape index (κ3) is 3.80. The highest BCUT2D eigenvalue weighted by atomic mass is 19.1. The van der Waals surface area contributed by atoms with E-state index in [0.717, 1.165) is 11.1 Å². The lowest BCUT2D eigenvalue weighted by molar-refractivity contribution is -0.130. The van der Waals surface area contributed by atoms with E-state index in [2.05, 4.69) is 0 Å². The Morgan fingerprint density at radius 3 is 2.52 bits per heavy atom. The van der Waals surface area contributed by atoms with Crippen molar-refractivity contribution in [3.05, 3.63) is 65.0 Å². The number of hydrogen-bond acceptors (Lipinski definition) is 3. The Hall–Kier alpha value is -2.87.